The second-order valence-electron chi connectivity index (χ2n) is 6.67. The van der Waals surface area contributed by atoms with Crippen molar-refractivity contribution in [2.45, 2.75) is 45.5 Å². The molecule has 0 unspecified atom stereocenters. The van der Waals surface area contributed by atoms with Gasteiger partial charge in [0.05, 0.1) is 18.8 Å². The Hall–Kier alpha value is -1.83. The number of rotatable bonds is 12. The zero-order chi connectivity index (χ0) is 24.2. The average Bonchev–Trinajstić information content (AvgIpc) is 2.63. The molecule has 0 saturated carbocycles. The Bertz CT molecular complexity index is 811. The molecule has 180 valence electrons. The third-order valence-corrected chi connectivity index (χ3v) is 5.76. The molecule has 0 bridgehead atoms. The van der Waals surface area contributed by atoms with Gasteiger partial charge in [0.25, 0.3) is 0 Å². The van der Waals surface area contributed by atoms with Gasteiger partial charge in [-0.15, -0.1) is 0 Å². The Kier molecular flexibility index (Phi) is 8.94. The fraction of sp³-hybridized carbons (Fsp3) is 0.647. The van der Waals surface area contributed by atoms with E-state index in [2.05, 4.69) is 0 Å². The molecule has 0 spiro atoms. The summed E-state index contributed by atoms with van der Waals surface area (Å²) >= 11 is 0. The summed E-state index contributed by atoms with van der Waals surface area (Å²) in [6.45, 7) is 1.20. The van der Waals surface area contributed by atoms with Crippen molar-refractivity contribution in [2.75, 3.05) is 35.8 Å². The van der Waals surface area contributed by atoms with Crippen molar-refractivity contribution in [1.82, 2.24) is 4.31 Å². The summed E-state index contributed by atoms with van der Waals surface area (Å²) in [5, 5.41) is 0. The largest absolute Gasteiger partial charge is 0.372 e. The summed E-state index contributed by atoms with van der Waals surface area (Å²) in [6.07, 6.45) is -8.81. The number of nitrogens with zero attached hydrogens (tertiary/aromatic N) is 2. The molecule has 1 aromatic carbocycles. The van der Waals surface area contributed by atoms with Crippen LogP contribution in [-0.4, -0.2) is 63.6 Å². The van der Waals surface area contributed by atoms with Gasteiger partial charge in [-0.25, -0.2) is 17.6 Å². The van der Waals surface area contributed by atoms with E-state index >= 15 is 0 Å². The third-order valence-electron chi connectivity index (χ3n) is 4.34. The molecule has 0 saturated heterocycles. The Balaban J connectivity index is 3.36. The van der Waals surface area contributed by atoms with Crippen molar-refractivity contribution in [2.24, 2.45) is 0 Å². The summed E-state index contributed by atoms with van der Waals surface area (Å²) in [5.74, 6) is -10.1. The third kappa shape index (κ3) is 7.09. The number of anilines is 2. The number of nitrogens with one attached hydrogen (secondary N) is 1. The predicted octanol–water partition coefficient (Wildman–Crippen LogP) is 4.60. The smallest absolute Gasteiger partial charge is 0.320 e. The highest BCUT2D eigenvalue weighted by Gasteiger charge is 2.50. The minimum atomic E-state index is -5.35. The van der Waals surface area contributed by atoms with Crippen LogP contribution in [0.15, 0.2) is 18.2 Å². The normalized spacial score (nSPS) is 13.4. The van der Waals surface area contributed by atoms with Gasteiger partial charge < -0.3 is 4.90 Å². The van der Waals surface area contributed by atoms with E-state index in [0.29, 0.717) is 18.8 Å². The van der Waals surface area contributed by atoms with Crippen LogP contribution >= 0.6 is 0 Å². The van der Waals surface area contributed by atoms with E-state index in [1.165, 1.54) is 19.1 Å². The van der Waals surface area contributed by atoms with E-state index in [9.17, 15) is 43.5 Å². The van der Waals surface area contributed by atoms with Crippen LogP contribution < -0.4 is 9.62 Å². The average molecular weight is 485 g/mol. The molecule has 0 amide bonds. The zero-order valence-corrected chi connectivity index (χ0v) is 17.7. The van der Waals surface area contributed by atoms with Gasteiger partial charge in [-0.2, -0.15) is 30.3 Å². The molecule has 0 fully saturated rings. The maximum atomic E-state index is 13.5. The van der Waals surface area contributed by atoms with Crippen molar-refractivity contribution >= 4 is 21.6 Å². The van der Waals surface area contributed by atoms with Gasteiger partial charge in [0, 0.05) is 18.8 Å². The van der Waals surface area contributed by atoms with Gasteiger partial charge in [0.1, 0.15) is 0 Å². The van der Waals surface area contributed by atoms with Gasteiger partial charge in [-0.1, -0.05) is 6.07 Å². The molecule has 0 atom stereocenters. The summed E-state index contributed by atoms with van der Waals surface area (Å²) in [4.78, 5) is 1.78. The minimum absolute atomic E-state index is 0.213. The predicted molar refractivity (Wildman–Crippen MR) is 101 cm³/mol. The van der Waals surface area contributed by atoms with Crippen LogP contribution in [0, 0.1) is 6.92 Å². The van der Waals surface area contributed by atoms with Crippen LogP contribution in [-0.2, 0) is 10.2 Å². The molecule has 0 aliphatic heterocycles. The number of benzene rings is 1. The quantitative estimate of drug-likeness (QED) is 0.441. The molecule has 31 heavy (non-hydrogen) atoms. The molecule has 0 aliphatic rings. The first-order chi connectivity index (χ1) is 14.1. The summed E-state index contributed by atoms with van der Waals surface area (Å²) in [5.41, 5.74) is 0.534. The Morgan fingerprint density at radius 3 is 1.77 bits per heavy atom. The molecule has 14 heteroatoms. The number of alkyl halides is 8. The second kappa shape index (κ2) is 10.2. The summed E-state index contributed by atoms with van der Waals surface area (Å²) in [6, 6.07) is 4.36. The highest BCUT2D eigenvalue weighted by Crippen LogP contribution is 2.31. The molecule has 1 N–H and O–H groups in total. The lowest BCUT2D eigenvalue weighted by Crippen LogP contribution is -2.52. The first-order valence-corrected chi connectivity index (χ1v) is 10.5. The Morgan fingerprint density at radius 2 is 1.39 bits per heavy atom. The Morgan fingerprint density at radius 1 is 0.935 bits per heavy atom. The zero-order valence-electron chi connectivity index (χ0n) is 16.9. The van der Waals surface area contributed by atoms with Crippen molar-refractivity contribution in [3.63, 3.8) is 0 Å². The molecule has 0 radical (unpaired) electrons. The lowest BCUT2D eigenvalue weighted by molar-refractivity contribution is -0.158. The van der Waals surface area contributed by atoms with Gasteiger partial charge in [0.2, 0.25) is 0 Å². The van der Waals surface area contributed by atoms with Crippen LogP contribution in [0.4, 0.5) is 46.5 Å². The molecule has 1 aromatic rings. The van der Waals surface area contributed by atoms with Crippen molar-refractivity contribution in [1.29, 1.82) is 0 Å². The first-order valence-electron chi connectivity index (χ1n) is 9.02. The maximum Gasteiger partial charge on any atom is 0.320 e. The van der Waals surface area contributed by atoms with Crippen LogP contribution in [0.1, 0.15) is 19.4 Å². The van der Waals surface area contributed by atoms with E-state index in [-0.39, 0.29) is 11.3 Å². The maximum absolute atomic E-state index is 13.5. The first kappa shape index (κ1) is 27.2. The minimum Gasteiger partial charge on any atom is -0.372 e. The Labute approximate surface area is 175 Å². The highest BCUT2D eigenvalue weighted by atomic mass is 32.2. The van der Waals surface area contributed by atoms with Crippen LogP contribution in [0.25, 0.3) is 0 Å². The number of halogens is 8. The number of hydrogen-bond acceptors (Lipinski definition) is 3. The molecule has 1 rings (SSSR count). The monoisotopic (exact) mass is 485 g/mol. The SMILES string of the molecule is CCN(CC)c1ccc(C)c(NS(=O)(=O)N(CC(F)(F)C(F)F)CC(F)(F)C(F)F)c1. The van der Waals surface area contributed by atoms with Gasteiger partial charge in [-0.05, 0) is 38.5 Å². The van der Waals surface area contributed by atoms with E-state index in [0.717, 1.165) is 0 Å². The fourth-order valence-corrected chi connectivity index (χ4v) is 3.85. The molecule has 0 aliphatic carbocycles. The molecule has 0 aromatic heterocycles. The van der Waals surface area contributed by atoms with Crippen molar-refractivity contribution in [3.8, 4) is 0 Å². The second-order valence-corrected chi connectivity index (χ2v) is 8.34. The summed E-state index contributed by atoms with van der Waals surface area (Å²) < 4.78 is 130. The number of aryl methyl sites for hydroxylation is 1. The topological polar surface area (TPSA) is 52.7 Å². The molecule has 0 heterocycles. The van der Waals surface area contributed by atoms with Gasteiger partial charge in [0.15, 0.2) is 0 Å². The van der Waals surface area contributed by atoms with Crippen LogP contribution in [0.3, 0.4) is 0 Å². The van der Waals surface area contributed by atoms with Gasteiger partial charge in [-0.3, -0.25) is 4.72 Å². The van der Waals surface area contributed by atoms with Crippen molar-refractivity contribution < 1.29 is 43.5 Å². The van der Waals surface area contributed by atoms with E-state index in [4.69, 9.17) is 0 Å². The summed E-state index contributed by atoms with van der Waals surface area (Å²) in [7, 11) is -5.35. The lowest BCUT2D eigenvalue weighted by atomic mass is 10.1. The van der Waals surface area contributed by atoms with Crippen LogP contribution in [0.2, 0.25) is 0 Å². The lowest BCUT2D eigenvalue weighted by Gasteiger charge is -2.30. The molecule has 5 nitrogen and oxygen atoms in total. The highest BCUT2D eigenvalue weighted by molar-refractivity contribution is 7.90. The number of hydrogen-bond donors (Lipinski definition) is 1. The fourth-order valence-electron chi connectivity index (χ4n) is 2.54. The standard InChI is InChI=1S/C17H23F8N3O2S/c1-4-27(5-2)12-7-6-11(3)13(8-12)26-31(29,30)28(9-16(22,23)14(18)19)10-17(24,25)15(20)21/h6-8,14-15,26H,4-5,9-10H2,1-3H3. The van der Waals surface area contributed by atoms with E-state index in [1.54, 1.807) is 29.5 Å². The van der Waals surface area contributed by atoms with E-state index in [1.807, 2.05) is 0 Å². The van der Waals surface area contributed by atoms with Gasteiger partial charge >= 0.3 is 34.9 Å². The molecular formula is C17H23F8N3O2S. The van der Waals surface area contributed by atoms with Crippen LogP contribution in [0.5, 0.6) is 0 Å². The van der Waals surface area contributed by atoms with Crippen molar-refractivity contribution in [3.05, 3.63) is 23.8 Å². The molecular weight excluding hydrogens is 462 g/mol. The van der Waals surface area contributed by atoms with E-state index < -0.39 is 52.3 Å².